The number of carbonyl (C=O) groups is 1. The highest BCUT2D eigenvalue weighted by atomic mass is 32.2. The molecule has 1 N–H and O–H groups in total. The molecule has 0 saturated carbocycles. The molecule has 24 heavy (non-hydrogen) atoms. The molecule has 0 radical (unpaired) electrons. The standard InChI is InChI=1S/C15H22N4O4S/c1-5-18(4)24(21,22)15-11(2)17-19(12(15)3)10-14(20)16-9-13-7-6-8-23-13/h6-8H,5,9-10H2,1-4H3,(H,16,20). The molecule has 132 valence electrons. The fraction of sp³-hybridized carbons (Fsp3) is 0.467. The molecule has 2 rings (SSSR count). The Bertz CT molecular complexity index is 809. The van der Waals surface area contributed by atoms with Gasteiger partial charge < -0.3 is 9.73 Å². The van der Waals surface area contributed by atoms with Crippen molar-refractivity contribution in [1.82, 2.24) is 19.4 Å². The molecule has 0 unspecified atom stereocenters. The Hall–Kier alpha value is -2.13. The predicted octanol–water partition coefficient (Wildman–Crippen LogP) is 1.05. The van der Waals surface area contributed by atoms with Crippen LogP contribution in [-0.2, 0) is 27.9 Å². The molecule has 2 aromatic rings. The van der Waals surface area contributed by atoms with Gasteiger partial charge >= 0.3 is 0 Å². The van der Waals surface area contributed by atoms with E-state index >= 15 is 0 Å². The maximum absolute atomic E-state index is 12.5. The summed E-state index contributed by atoms with van der Waals surface area (Å²) in [5.74, 6) is 0.370. The molecule has 8 nitrogen and oxygen atoms in total. The maximum atomic E-state index is 12.5. The zero-order valence-corrected chi connectivity index (χ0v) is 15.1. The van der Waals surface area contributed by atoms with Gasteiger partial charge in [-0.1, -0.05) is 6.92 Å². The van der Waals surface area contributed by atoms with Gasteiger partial charge in [-0.25, -0.2) is 12.7 Å². The van der Waals surface area contributed by atoms with Gasteiger partial charge in [-0.05, 0) is 26.0 Å². The number of nitrogens with zero attached hydrogens (tertiary/aromatic N) is 3. The van der Waals surface area contributed by atoms with Crippen LogP contribution in [0, 0.1) is 13.8 Å². The summed E-state index contributed by atoms with van der Waals surface area (Å²) in [7, 11) is -2.09. The lowest BCUT2D eigenvalue weighted by molar-refractivity contribution is -0.122. The SMILES string of the molecule is CCN(C)S(=O)(=O)c1c(C)nn(CC(=O)NCc2ccco2)c1C. The number of nitrogens with one attached hydrogen (secondary N) is 1. The van der Waals surface area contributed by atoms with Crippen molar-refractivity contribution < 1.29 is 17.6 Å². The summed E-state index contributed by atoms with van der Waals surface area (Å²) < 4.78 is 32.9. The van der Waals surface area contributed by atoms with Crippen LogP contribution in [0.5, 0.6) is 0 Å². The van der Waals surface area contributed by atoms with E-state index in [4.69, 9.17) is 4.42 Å². The lowest BCUT2D eigenvalue weighted by Gasteiger charge is -2.15. The second kappa shape index (κ2) is 7.18. The largest absolute Gasteiger partial charge is 0.467 e. The van der Waals surface area contributed by atoms with Gasteiger partial charge in [0.15, 0.2) is 0 Å². The van der Waals surface area contributed by atoms with Gasteiger partial charge in [0.1, 0.15) is 17.2 Å². The van der Waals surface area contributed by atoms with Crippen LogP contribution in [0.15, 0.2) is 27.7 Å². The van der Waals surface area contributed by atoms with Crippen LogP contribution in [0.1, 0.15) is 24.1 Å². The third-order valence-corrected chi connectivity index (χ3v) is 5.95. The minimum Gasteiger partial charge on any atom is -0.467 e. The summed E-state index contributed by atoms with van der Waals surface area (Å²) >= 11 is 0. The monoisotopic (exact) mass is 354 g/mol. The summed E-state index contributed by atoms with van der Waals surface area (Å²) in [6.45, 7) is 5.61. The van der Waals surface area contributed by atoms with Crippen LogP contribution in [0.4, 0.5) is 0 Å². The topological polar surface area (TPSA) is 97.4 Å². The van der Waals surface area contributed by atoms with E-state index in [1.165, 1.54) is 22.3 Å². The summed E-state index contributed by atoms with van der Waals surface area (Å²) in [4.78, 5) is 12.2. The Morgan fingerprint density at radius 3 is 2.71 bits per heavy atom. The van der Waals surface area contributed by atoms with Gasteiger partial charge in [0.2, 0.25) is 15.9 Å². The molecule has 0 aliphatic carbocycles. The lowest BCUT2D eigenvalue weighted by Crippen LogP contribution is -2.29. The maximum Gasteiger partial charge on any atom is 0.246 e. The Kier molecular flexibility index (Phi) is 5.45. The molecule has 2 aromatic heterocycles. The van der Waals surface area contributed by atoms with E-state index in [0.717, 1.165) is 0 Å². The molecule has 9 heteroatoms. The minimum atomic E-state index is -3.61. The Morgan fingerprint density at radius 1 is 1.42 bits per heavy atom. The molecule has 0 spiro atoms. The average molecular weight is 354 g/mol. The second-order valence-corrected chi connectivity index (χ2v) is 7.41. The Labute approximate surface area is 141 Å². The Morgan fingerprint density at radius 2 is 2.12 bits per heavy atom. The number of hydrogen-bond acceptors (Lipinski definition) is 5. The van der Waals surface area contributed by atoms with Crippen molar-refractivity contribution in [2.75, 3.05) is 13.6 Å². The van der Waals surface area contributed by atoms with Gasteiger partial charge in [0, 0.05) is 13.6 Å². The zero-order chi connectivity index (χ0) is 17.9. The number of aryl methyl sites for hydroxylation is 1. The fourth-order valence-corrected chi connectivity index (χ4v) is 3.87. The van der Waals surface area contributed by atoms with Crippen LogP contribution >= 0.6 is 0 Å². The van der Waals surface area contributed by atoms with E-state index in [2.05, 4.69) is 10.4 Å². The van der Waals surface area contributed by atoms with Crippen molar-refractivity contribution in [3.8, 4) is 0 Å². The lowest BCUT2D eigenvalue weighted by atomic mass is 10.4. The average Bonchev–Trinajstić information content (AvgIpc) is 3.13. The molecule has 0 saturated heterocycles. The highest BCUT2D eigenvalue weighted by Gasteiger charge is 2.28. The minimum absolute atomic E-state index is 0.0568. The smallest absolute Gasteiger partial charge is 0.246 e. The third-order valence-electron chi connectivity index (χ3n) is 3.76. The molecule has 0 atom stereocenters. The van der Waals surface area contributed by atoms with E-state index < -0.39 is 10.0 Å². The van der Waals surface area contributed by atoms with Crippen LogP contribution < -0.4 is 5.32 Å². The van der Waals surface area contributed by atoms with Crippen LogP contribution in [0.2, 0.25) is 0 Å². The van der Waals surface area contributed by atoms with Gasteiger partial charge in [-0.15, -0.1) is 0 Å². The van der Waals surface area contributed by atoms with Crippen LogP contribution in [-0.4, -0.2) is 42.0 Å². The van der Waals surface area contributed by atoms with E-state index in [0.29, 0.717) is 23.7 Å². The van der Waals surface area contributed by atoms with E-state index in [9.17, 15) is 13.2 Å². The number of aromatic nitrogens is 2. The first-order valence-electron chi connectivity index (χ1n) is 7.56. The molecule has 2 heterocycles. The number of amides is 1. The van der Waals surface area contributed by atoms with Gasteiger partial charge in [0.05, 0.1) is 24.2 Å². The first-order valence-corrected chi connectivity index (χ1v) is 9.00. The van der Waals surface area contributed by atoms with Crippen LogP contribution in [0.25, 0.3) is 0 Å². The van der Waals surface area contributed by atoms with Crippen molar-refractivity contribution in [3.05, 3.63) is 35.5 Å². The van der Waals surface area contributed by atoms with Crippen molar-refractivity contribution in [1.29, 1.82) is 0 Å². The summed E-state index contributed by atoms with van der Waals surface area (Å²) in [6.07, 6.45) is 1.53. The van der Waals surface area contributed by atoms with Gasteiger partial charge in [-0.3, -0.25) is 9.48 Å². The van der Waals surface area contributed by atoms with E-state index in [1.54, 1.807) is 32.9 Å². The number of sulfonamides is 1. The van der Waals surface area contributed by atoms with E-state index in [1.807, 2.05) is 0 Å². The third kappa shape index (κ3) is 3.68. The van der Waals surface area contributed by atoms with Gasteiger partial charge in [0.25, 0.3) is 0 Å². The molecule has 0 bridgehead atoms. The summed E-state index contributed by atoms with van der Waals surface area (Å²) in [5, 5.41) is 6.91. The number of furan rings is 1. The fourth-order valence-electron chi connectivity index (χ4n) is 2.32. The molecular formula is C15H22N4O4S. The quantitative estimate of drug-likeness (QED) is 0.801. The van der Waals surface area contributed by atoms with Crippen molar-refractivity contribution in [2.24, 2.45) is 0 Å². The number of rotatable bonds is 7. The molecule has 0 aromatic carbocycles. The highest BCUT2D eigenvalue weighted by molar-refractivity contribution is 7.89. The molecule has 1 amide bonds. The second-order valence-electron chi connectivity index (χ2n) is 5.43. The molecule has 0 fully saturated rings. The number of carbonyl (C=O) groups excluding carboxylic acids is 1. The van der Waals surface area contributed by atoms with Crippen molar-refractivity contribution in [2.45, 2.75) is 38.8 Å². The summed E-state index contributed by atoms with van der Waals surface area (Å²) in [5.41, 5.74) is 0.826. The Balaban J connectivity index is 2.15. The predicted molar refractivity (Wildman–Crippen MR) is 87.7 cm³/mol. The molecular weight excluding hydrogens is 332 g/mol. The highest BCUT2D eigenvalue weighted by Crippen LogP contribution is 2.22. The van der Waals surface area contributed by atoms with Gasteiger partial charge in [-0.2, -0.15) is 5.10 Å². The van der Waals surface area contributed by atoms with Crippen LogP contribution in [0.3, 0.4) is 0 Å². The summed E-state index contributed by atoms with van der Waals surface area (Å²) in [6, 6.07) is 3.50. The normalized spacial score (nSPS) is 11.9. The first kappa shape index (κ1) is 18.2. The molecule has 0 aliphatic rings. The zero-order valence-electron chi connectivity index (χ0n) is 14.2. The number of hydrogen-bond donors (Lipinski definition) is 1. The van der Waals surface area contributed by atoms with Crippen molar-refractivity contribution in [3.63, 3.8) is 0 Å². The first-order chi connectivity index (χ1) is 11.3. The molecule has 0 aliphatic heterocycles. The van der Waals surface area contributed by atoms with Crippen molar-refractivity contribution >= 4 is 15.9 Å². The van der Waals surface area contributed by atoms with E-state index in [-0.39, 0.29) is 23.9 Å².